The summed E-state index contributed by atoms with van der Waals surface area (Å²) >= 11 is 0. The lowest BCUT2D eigenvalue weighted by Gasteiger charge is -2.12. The fourth-order valence-electron chi connectivity index (χ4n) is 3.13. The Morgan fingerprint density at radius 1 is 1.03 bits per heavy atom. The second-order valence-electron chi connectivity index (χ2n) is 7.08. The summed E-state index contributed by atoms with van der Waals surface area (Å²) in [6.07, 6.45) is 2.05. The molecule has 1 amide bonds. The molecule has 0 saturated carbocycles. The lowest BCUT2D eigenvalue weighted by atomic mass is 10.1. The highest BCUT2D eigenvalue weighted by atomic mass is 32.2. The molecule has 3 aromatic rings. The van der Waals surface area contributed by atoms with Crippen LogP contribution >= 0.6 is 0 Å². The largest absolute Gasteiger partial charge is 0.493 e. The minimum Gasteiger partial charge on any atom is -0.493 e. The third kappa shape index (κ3) is 5.68. The van der Waals surface area contributed by atoms with Crippen LogP contribution in [-0.2, 0) is 23.0 Å². The number of benzene rings is 2. The SMILES string of the molecule is COc1ccc(CCNC(=O)c2cc(S(=O)(=O)NCc3ccco3)ccc2C)cc1OC. The molecule has 170 valence electrons. The Hall–Kier alpha value is -3.30. The average Bonchev–Trinajstić information content (AvgIpc) is 3.31. The molecule has 0 atom stereocenters. The quantitative estimate of drug-likeness (QED) is 0.484. The zero-order valence-electron chi connectivity index (χ0n) is 18.2. The van der Waals surface area contributed by atoms with Crippen molar-refractivity contribution in [1.82, 2.24) is 10.0 Å². The summed E-state index contributed by atoms with van der Waals surface area (Å²) in [7, 11) is -0.666. The molecule has 0 aliphatic rings. The molecule has 0 unspecified atom stereocenters. The van der Waals surface area contributed by atoms with Crippen molar-refractivity contribution in [3.05, 3.63) is 77.2 Å². The van der Waals surface area contributed by atoms with Crippen LogP contribution in [0.3, 0.4) is 0 Å². The van der Waals surface area contributed by atoms with Crippen LogP contribution in [0.2, 0.25) is 0 Å². The molecule has 0 aliphatic carbocycles. The standard InChI is InChI=1S/C23H26N2O6S/c1-16-6-8-19(32(27,28)25-15-18-5-4-12-31-18)14-20(16)23(26)24-11-10-17-7-9-21(29-2)22(13-17)30-3/h4-9,12-14,25H,10-11,15H2,1-3H3,(H,24,26). The first-order valence-electron chi connectivity index (χ1n) is 9.96. The van der Waals surface area contributed by atoms with Gasteiger partial charge < -0.3 is 19.2 Å². The van der Waals surface area contributed by atoms with Crippen molar-refractivity contribution < 1.29 is 27.1 Å². The summed E-state index contributed by atoms with van der Waals surface area (Å²) in [5.74, 6) is 1.40. The molecule has 0 saturated heterocycles. The molecule has 0 fully saturated rings. The van der Waals surface area contributed by atoms with Gasteiger partial charge in [-0.2, -0.15) is 0 Å². The van der Waals surface area contributed by atoms with Gasteiger partial charge in [0.15, 0.2) is 11.5 Å². The van der Waals surface area contributed by atoms with E-state index in [0.29, 0.717) is 41.4 Å². The maximum atomic E-state index is 12.7. The van der Waals surface area contributed by atoms with Crippen LogP contribution in [0, 0.1) is 6.92 Å². The number of aryl methyl sites for hydroxylation is 1. The first kappa shape index (κ1) is 23.4. The van der Waals surface area contributed by atoms with E-state index in [1.54, 1.807) is 39.3 Å². The molecular weight excluding hydrogens is 432 g/mol. The summed E-state index contributed by atoms with van der Waals surface area (Å²) in [6, 6.07) is 13.4. The molecular formula is C23H26N2O6S. The fraction of sp³-hybridized carbons (Fsp3) is 0.261. The lowest BCUT2D eigenvalue weighted by molar-refractivity contribution is 0.0953. The number of sulfonamides is 1. The van der Waals surface area contributed by atoms with E-state index in [2.05, 4.69) is 10.0 Å². The predicted octanol–water partition coefficient (Wildman–Crippen LogP) is 3.06. The second-order valence-corrected chi connectivity index (χ2v) is 8.84. The molecule has 0 radical (unpaired) electrons. The number of rotatable bonds is 10. The average molecular weight is 459 g/mol. The number of methoxy groups -OCH3 is 2. The number of amides is 1. The summed E-state index contributed by atoms with van der Waals surface area (Å²) in [5, 5.41) is 2.85. The summed E-state index contributed by atoms with van der Waals surface area (Å²) in [4.78, 5) is 12.7. The van der Waals surface area contributed by atoms with Gasteiger partial charge in [-0.1, -0.05) is 12.1 Å². The number of hydrogen-bond acceptors (Lipinski definition) is 6. The molecule has 2 N–H and O–H groups in total. The molecule has 3 rings (SSSR count). The molecule has 0 spiro atoms. The Bertz CT molecular complexity index is 1170. The maximum absolute atomic E-state index is 12.7. The van der Waals surface area contributed by atoms with Crippen molar-refractivity contribution in [2.75, 3.05) is 20.8 Å². The van der Waals surface area contributed by atoms with Crippen molar-refractivity contribution in [2.45, 2.75) is 24.8 Å². The van der Waals surface area contributed by atoms with Gasteiger partial charge in [-0.3, -0.25) is 4.79 Å². The maximum Gasteiger partial charge on any atom is 0.251 e. The Kier molecular flexibility index (Phi) is 7.55. The summed E-state index contributed by atoms with van der Waals surface area (Å²) in [6.45, 7) is 2.16. The first-order chi connectivity index (χ1) is 15.3. The summed E-state index contributed by atoms with van der Waals surface area (Å²) < 4.78 is 43.4. The highest BCUT2D eigenvalue weighted by molar-refractivity contribution is 7.89. The monoisotopic (exact) mass is 458 g/mol. The van der Waals surface area contributed by atoms with Gasteiger partial charge in [0.05, 0.1) is 31.9 Å². The molecule has 9 heteroatoms. The van der Waals surface area contributed by atoms with Crippen molar-refractivity contribution in [3.8, 4) is 11.5 Å². The van der Waals surface area contributed by atoms with Gasteiger partial charge in [-0.25, -0.2) is 13.1 Å². The Balaban J connectivity index is 1.65. The fourth-order valence-corrected chi connectivity index (χ4v) is 4.15. The van der Waals surface area contributed by atoms with E-state index in [0.717, 1.165) is 5.56 Å². The van der Waals surface area contributed by atoms with Crippen molar-refractivity contribution in [1.29, 1.82) is 0 Å². The zero-order chi connectivity index (χ0) is 23.1. The molecule has 1 aromatic heterocycles. The van der Waals surface area contributed by atoms with Crippen molar-refractivity contribution in [3.63, 3.8) is 0 Å². The predicted molar refractivity (Wildman–Crippen MR) is 119 cm³/mol. The van der Waals surface area contributed by atoms with Gasteiger partial charge >= 0.3 is 0 Å². The van der Waals surface area contributed by atoms with Gasteiger partial charge in [0.1, 0.15) is 5.76 Å². The minimum atomic E-state index is -3.80. The third-order valence-electron chi connectivity index (χ3n) is 4.93. The lowest BCUT2D eigenvalue weighted by Crippen LogP contribution is -2.27. The van der Waals surface area contributed by atoms with E-state index < -0.39 is 10.0 Å². The van der Waals surface area contributed by atoms with Gasteiger partial charge in [-0.05, 0) is 60.9 Å². The van der Waals surface area contributed by atoms with Gasteiger partial charge in [-0.15, -0.1) is 0 Å². The number of nitrogens with one attached hydrogen (secondary N) is 2. The molecule has 32 heavy (non-hydrogen) atoms. The topological polar surface area (TPSA) is 107 Å². The minimum absolute atomic E-state index is 0.0136. The van der Waals surface area contributed by atoms with Gasteiger partial charge in [0.2, 0.25) is 10.0 Å². The molecule has 1 heterocycles. The summed E-state index contributed by atoms with van der Waals surface area (Å²) in [5.41, 5.74) is 1.95. The van der Waals surface area contributed by atoms with Crippen LogP contribution in [0.15, 0.2) is 64.1 Å². The highest BCUT2D eigenvalue weighted by Gasteiger charge is 2.18. The van der Waals surface area contributed by atoms with Crippen LogP contribution in [0.1, 0.15) is 27.2 Å². The molecule has 2 aromatic carbocycles. The smallest absolute Gasteiger partial charge is 0.251 e. The van der Waals surface area contributed by atoms with Crippen molar-refractivity contribution >= 4 is 15.9 Å². The second kappa shape index (κ2) is 10.3. The molecule has 0 bridgehead atoms. The zero-order valence-corrected chi connectivity index (χ0v) is 19.0. The number of hydrogen-bond donors (Lipinski definition) is 2. The van der Waals surface area contributed by atoms with E-state index in [4.69, 9.17) is 13.9 Å². The van der Waals surface area contributed by atoms with Gasteiger partial charge in [0, 0.05) is 12.1 Å². The molecule has 0 aliphatic heterocycles. The van der Waals surface area contributed by atoms with Crippen LogP contribution in [0.25, 0.3) is 0 Å². The van der Waals surface area contributed by atoms with Gasteiger partial charge in [0.25, 0.3) is 5.91 Å². The normalized spacial score (nSPS) is 11.2. The Morgan fingerprint density at radius 3 is 2.50 bits per heavy atom. The van der Waals surface area contributed by atoms with Crippen LogP contribution in [-0.4, -0.2) is 35.1 Å². The highest BCUT2D eigenvalue weighted by Crippen LogP contribution is 2.27. The van der Waals surface area contributed by atoms with E-state index in [1.807, 2.05) is 18.2 Å². The number of furan rings is 1. The van der Waals surface area contributed by atoms with E-state index in [9.17, 15) is 13.2 Å². The van der Waals surface area contributed by atoms with Crippen LogP contribution in [0.5, 0.6) is 11.5 Å². The van der Waals surface area contributed by atoms with Crippen LogP contribution in [0.4, 0.5) is 0 Å². The first-order valence-corrected chi connectivity index (χ1v) is 11.4. The van der Waals surface area contributed by atoms with E-state index >= 15 is 0 Å². The van der Waals surface area contributed by atoms with Crippen molar-refractivity contribution in [2.24, 2.45) is 0 Å². The number of carbonyl (C=O) groups excluding carboxylic acids is 1. The Labute approximate surface area is 187 Å². The molecule has 8 nitrogen and oxygen atoms in total. The van der Waals surface area contributed by atoms with Crippen LogP contribution < -0.4 is 19.5 Å². The van der Waals surface area contributed by atoms with E-state index in [1.165, 1.54) is 18.4 Å². The third-order valence-corrected chi connectivity index (χ3v) is 6.33. The van der Waals surface area contributed by atoms with E-state index in [-0.39, 0.29) is 17.3 Å². The number of carbonyl (C=O) groups is 1. The number of ether oxygens (including phenoxy) is 2. The Morgan fingerprint density at radius 2 is 1.81 bits per heavy atom.